The lowest BCUT2D eigenvalue weighted by Gasteiger charge is -2.35. The normalized spacial score (nSPS) is 19.9. The zero-order valence-electron chi connectivity index (χ0n) is 20.5. The van der Waals surface area contributed by atoms with Crippen molar-refractivity contribution in [3.63, 3.8) is 0 Å². The molecule has 5 nitrogen and oxygen atoms in total. The SMILES string of the molecule is CC1=CC(C)C(c2c(NC(C)(C)CC(C)(C)C)[nH]c(=S)n2-c2ccc3nc[nH]c3c2)CC1. The van der Waals surface area contributed by atoms with Gasteiger partial charge in [0.2, 0.25) is 0 Å². The first-order valence-corrected chi connectivity index (χ1v) is 12.1. The van der Waals surface area contributed by atoms with Crippen LogP contribution in [0.1, 0.15) is 79.3 Å². The summed E-state index contributed by atoms with van der Waals surface area (Å²) in [5, 5.41) is 3.85. The number of fused-ring (bicyclic) bond motifs is 1. The highest BCUT2D eigenvalue weighted by atomic mass is 32.1. The summed E-state index contributed by atoms with van der Waals surface area (Å²) in [5.74, 6) is 1.89. The summed E-state index contributed by atoms with van der Waals surface area (Å²) in [6, 6.07) is 6.33. The van der Waals surface area contributed by atoms with Gasteiger partial charge in [0.15, 0.2) is 4.77 Å². The molecule has 32 heavy (non-hydrogen) atoms. The summed E-state index contributed by atoms with van der Waals surface area (Å²) in [6.45, 7) is 16.0. The molecule has 1 aliphatic rings. The lowest BCUT2D eigenvalue weighted by molar-refractivity contribution is 0.301. The van der Waals surface area contributed by atoms with Gasteiger partial charge in [-0.2, -0.15) is 0 Å². The van der Waals surface area contributed by atoms with Crippen LogP contribution < -0.4 is 5.32 Å². The zero-order chi connectivity index (χ0) is 23.3. The first-order chi connectivity index (χ1) is 14.9. The topological polar surface area (TPSA) is 61.4 Å². The van der Waals surface area contributed by atoms with Crippen molar-refractivity contribution < 1.29 is 0 Å². The second-order valence-corrected chi connectivity index (χ2v) is 11.8. The van der Waals surface area contributed by atoms with E-state index in [9.17, 15) is 0 Å². The number of allylic oxidation sites excluding steroid dienone is 2. The molecule has 0 amide bonds. The van der Waals surface area contributed by atoms with Gasteiger partial charge < -0.3 is 15.3 Å². The van der Waals surface area contributed by atoms with Crippen molar-refractivity contribution in [3.8, 4) is 5.69 Å². The monoisotopic (exact) mass is 451 g/mol. The average molecular weight is 452 g/mol. The molecule has 172 valence electrons. The predicted molar refractivity (Wildman–Crippen MR) is 137 cm³/mol. The van der Waals surface area contributed by atoms with E-state index in [1.807, 2.05) is 0 Å². The molecule has 1 aliphatic carbocycles. The molecule has 0 saturated heterocycles. The van der Waals surface area contributed by atoms with Gasteiger partial charge in [0.1, 0.15) is 5.82 Å². The number of hydrogen-bond donors (Lipinski definition) is 3. The second-order valence-electron chi connectivity index (χ2n) is 11.4. The summed E-state index contributed by atoms with van der Waals surface area (Å²) in [4.78, 5) is 11.2. The van der Waals surface area contributed by atoms with Gasteiger partial charge in [0.25, 0.3) is 0 Å². The highest BCUT2D eigenvalue weighted by molar-refractivity contribution is 7.71. The fraction of sp³-hybridized carbons (Fsp3) is 0.538. The molecule has 2 unspecified atom stereocenters. The number of nitrogens with one attached hydrogen (secondary N) is 3. The van der Waals surface area contributed by atoms with Gasteiger partial charge in [-0.05, 0) is 81.8 Å². The number of aromatic nitrogens is 4. The van der Waals surface area contributed by atoms with Crippen LogP contribution in [-0.4, -0.2) is 25.1 Å². The number of aromatic amines is 2. The van der Waals surface area contributed by atoms with Crippen molar-refractivity contribution in [2.75, 3.05) is 5.32 Å². The van der Waals surface area contributed by atoms with Crippen LogP contribution in [0.15, 0.2) is 36.2 Å². The van der Waals surface area contributed by atoms with Crippen LogP contribution in [-0.2, 0) is 0 Å². The molecule has 0 saturated carbocycles. The molecule has 0 radical (unpaired) electrons. The Labute approximate surface area is 196 Å². The molecule has 3 N–H and O–H groups in total. The minimum Gasteiger partial charge on any atom is -0.365 e. The van der Waals surface area contributed by atoms with Crippen LogP contribution >= 0.6 is 12.2 Å². The van der Waals surface area contributed by atoms with E-state index in [0.29, 0.717) is 11.8 Å². The van der Waals surface area contributed by atoms with Crippen LogP contribution in [0.25, 0.3) is 16.7 Å². The summed E-state index contributed by atoms with van der Waals surface area (Å²) < 4.78 is 2.97. The van der Waals surface area contributed by atoms with Gasteiger partial charge in [-0.25, -0.2) is 4.98 Å². The molecule has 0 fully saturated rings. The van der Waals surface area contributed by atoms with Crippen molar-refractivity contribution in [1.82, 2.24) is 19.5 Å². The van der Waals surface area contributed by atoms with Crippen LogP contribution in [0.4, 0.5) is 5.82 Å². The predicted octanol–water partition coefficient (Wildman–Crippen LogP) is 7.50. The number of hydrogen-bond acceptors (Lipinski definition) is 3. The highest BCUT2D eigenvalue weighted by Gasteiger charge is 2.32. The fourth-order valence-electron chi connectivity index (χ4n) is 5.60. The van der Waals surface area contributed by atoms with Gasteiger partial charge in [0.05, 0.1) is 28.7 Å². The minimum atomic E-state index is -0.0750. The molecule has 1 aromatic carbocycles. The van der Waals surface area contributed by atoms with Crippen molar-refractivity contribution >= 4 is 29.1 Å². The molecule has 4 rings (SSSR count). The zero-order valence-corrected chi connectivity index (χ0v) is 21.3. The molecular formula is C26H37N5S. The Morgan fingerprint density at radius 1 is 1.22 bits per heavy atom. The number of benzene rings is 1. The standard InChI is InChI=1S/C26H37N5S/c1-16-8-10-19(17(2)12-16)22-23(30-26(6,7)14-25(3,4)5)29-24(32)31(22)18-9-11-20-21(13-18)28-15-27-20/h9,11-13,15,17,19,30H,8,10,14H2,1-7H3,(H,27,28)(H,29,32). The maximum Gasteiger partial charge on any atom is 0.183 e. The van der Waals surface area contributed by atoms with E-state index in [-0.39, 0.29) is 11.0 Å². The Kier molecular flexibility index (Phi) is 5.86. The minimum absolute atomic E-state index is 0.0750. The Balaban J connectivity index is 1.85. The van der Waals surface area contributed by atoms with Crippen molar-refractivity contribution in [1.29, 1.82) is 0 Å². The fourth-order valence-corrected chi connectivity index (χ4v) is 5.91. The molecule has 6 heteroatoms. The van der Waals surface area contributed by atoms with Gasteiger partial charge in [-0.3, -0.25) is 4.57 Å². The van der Waals surface area contributed by atoms with Crippen LogP contribution in [0, 0.1) is 16.1 Å². The summed E-state index contributed by atoms with van der Waals surface area (Å²) >= 11 is 5.90. The van der Waals surface area contributed by atoms with Crippen molar-refractivity contribution in [2.45, 2.75) is 79.2 Å². The molecular weight excluding hydrogens is 414 g/mol. The molecule has 2 atom stereocenters. The third-order valence-corrected chi connectivity index (χ3v) is 6.70. The Morgan fingerprint density at radius 2 is 1.97 bits per heavy atom. The quantitative estimate of drug-likeness (QED) is 0.278. The van der Waals surface area contributed by atoms with E-state index in [1.54, 1.807) is 6.33 Å². The molecule has 0 aliphatic heterocycles. The van der Waals surface area contributed by atoms with Crippen molar-refractivity contribution in [2.24, 2.45) is 11.3 Å². The van der Waals surface area contributed by atoms with E-state index in [2.05, 4.69) is 97.6 Å². The number of rotatable bonds is 5. The van der Waals surface area contributed by atoms with Gasteiger partial charge >= 0.3 is 0 Å². The van der Waals surface area contributed by atoms with E-state index in [4.69, 9.17) is 12.2 Å². The smallest absolute Gasteiger partial charge is 0.183 e. The number of nitrogens with zero attached hydrogens (tertiary/aromatic N) is 2. The summed E-state index contributed by atoms with van der Waals surface area (Å²) in [5.41, 5.74) is 5.94. The van der Waals surface area contributed by atoms with E-state index >= 15 is 0 Å². The van der Waals surface area contributed by atoms with Crippen LogP contribution in [0.3, 0.4) is 0 Å². The van der Waals surface area contributed by atoms with E-state index < -0.39 is 0 Å². The van der Waals surface area contributed by atoms with Gasteiger partial charge in [-0.1, -0.05) is 39.3 Å². The number of H-pyrrole nitrogens is 2. The molecule has 0 spiro atoms. The highest BCUT2D eigenvalue weighted by Crippen LogP contribution is 2.42. The first-order valence-electron chi connectivity index (χ1n) is 11.7. The summed E-state index contributed by atoms with van der Waals surface area (Å²) in [6.07, 6.45) is 7.46. The number of anilines is 1. The lowest BCUT2D eigenvalue weighted by Crippen LogP contribution is -2.36. The maximum absolute atomic E-state index is 5.90. The maximum atomic E-state index is 5.90. The lowest BCUT2D eigenvalue weighted by atomic mass is 9.79. The van der Waals surface area contributed by atoms with Crippen LogP contribution in [0.5, 0.6) is 0 Å². The van der Waals surface area contributed by atoms with E-state index in [0.717, 1.165) is 46.6 Å². The third-order valence-electron chi connectivity index (χ3n) is 6.41. The largest absolute Gasteiger partial charge is 0.365 e. The third kappa shape index (κ3) is 4.70. The molecule has 2 aromatic heterocycles. The average Bonchev–Trinajstić information content (AvgIpc) is 3.22. The van der Waals surface area contributed by atoms with Crippen LogP contribution in [0.2, 0.25) is 0 Å². The molecule has 0 bridgehead atoms. The Morgan fingerprint density at radius 3 is 2.66 bits per heavy atom. The summed E-state index contributed by atoms with van der Waals surface area (Å²) in [7, 11) is 0. The first kappa shape index (κ1) is 22.8. The second kappa shape index (κ2) is 8.22. The Bertz CT molecular complexity index is 1200. The van der Waals surface area contributed by atoms with Crippen molar-refractivity contribution in [3.05, 3.63) is 46.6 Å². The number of imidazole rings is 2. The molecule has 2 heterocycles. The van der Waals surface area contributed by atoms with E-state index in [1.165, 1.54) is 11.3 Å². The Hall–Kier alpha value is -2.34. The van der Waals surface area contributed by atoms with Gasteiger partial charge in [0, 0.05) is 11.5 Å². The molecule has 3 aromatic rings. The van der Waals surface area contributed by atoms with Gasteiger partial charge in [-0.15, -0.1) is 0 Å².